The van der Waals surface area contributed by atoms with Gasteiger partial charge in [-0.15, -0.1) is 0 Å². The van der Waals surface area contributed by atoms with Crippen molar-refractivity contribution >= 4 is 23.0 Å². The van der Waals surface area contributed by atoms with Gasteiger partial charge in [0.25, 0.3) is 0 Å². The number of benzene rings is 1. The molecule has 110 valence electrons. The molecular formula is C14H17N5O2. The number of hydrogen-bond donors (Lipinski definition) is 3. The number of aryl methyl sites for hydroxylation is 1. The number of aromatic nitrogens is 1. The zero-order valence-corrected chi connectivity index (χ0v) is 11.7. The van der Waals surface area contributed by atoms with Crippen LogP contribution < -0.4 is 16.6 Å². The second kappa shape index (κ2) is 6.67. The van der Waals surface area contributed by atoms with Gasteiger partial charge < -0.3 is 10.7 Å². The Hall–Kier alpha value is -2.67. The van der Waals surface area contributed by atoms with Gasteiger partial charge in [0.15, 0.2) is 0 Å². The fraction of sp³-hybridized carbons (Fsp3) is 0.214. The molecule has 1 heterocycles. The van der Waals surface area contributed by atoms with Gasteiger partial charge in [-0.1, -0.05) is 31.5 Å². The summed E-state index contributed by atoms with van der Waals surface area (Å²) in [6.07, 6.45) is 1.87. The van der Waals surface area contributed by atoms with Crippen molar-refractivity contribution in [2.75, 3.05) is 10.7 Å². The summed E-state index contributed by atoms with van der Waals surface area (Å²) in [6.45, 7) is 2.08. The lowest BCUT2D eigenvalue weighted by Crippen LogP contribution is -2.10. The van der Waals surface area contributed by atoms with Gasteiger partial charge in [0.2, 0.25) is 5.82 Å². The highest BCUT2D eigenvalue weighted by Crippen LogP contribution is 2.28. The lowest BCUT2D eigenvalue weighted by Gasteiger charge is -2.11. The second-order valence-electron chi connectivity index (χ2n) is 4.50. The third-order valence-electron chi connectivity index (χ3n) is 3.01. The standard InChI is InChI=1S/C14H17N5O2/c1-2-5-10-6-3-4-7-11(10)16-14-12(19(20)21)8-9-13(17-14)18-15/h3-4,6-9H,2,5,15H2,1H3,(H2,16,17,18). The maximum atomic E-state index is 11.1. The number of nitrogens with one attached hydrogen (secondary N) is 2. The number of rotatable bonds is 6. The predicted octanol–water partition coefficient (Wildman–Crippen LogP) is 2.97. The number of nitrogens with two attached hydrogens (primary N) is 1. The Morgan fingerprint density at radius 2 is 2.05 bits per heavy atom. The molecule has 0 bridgehead atoms. The predicted molar refractivity (Wildman–Crippen MR) is 82.4 cm³/mol. The van der Waals surface area contributed by atoms with Gasteiger partial charge in [-0.25, -0.2) is 10.8 Å². The summed E-state index contributed by atoms with van der Waals surface area (Å²) in [5, 5.41) is 14.1. The van der Waals surface area contributed by atoms with Crippen LogP contribution in [0.3, 0.4) is 0 Å². The minimum absolute atomic E-state index is 0.0969. The van der Waals surface area contributed by atoms with E-state index < -0.39 is 4.92 Å². The van der Waals surface area contributed by atoms with Crippen molar-refractivity contribution in [3.8, 4) is 0 Å². The highest BCUT2D eigenvalue weighted by atomic mass is 16.6. The lowest BCUT2D eigenvalue weighted by atomic mass is 10.1. The number of anilines is 3. The molecule has 0 saturated carbocycles. The molecule has 1 aromatic carbocycles. The fourth-order valence-electron chi connectivity index (χ4n) is 2.03. The third kappa shape index (κ3) is 3.46. The van der Waals surface area contributed by atoms with E-state index in [0.29, 0.717) is 5.82 Å². The summed E-state index contributed by atoms with van der Waals surface area (Å²) in [5.41, 5.74) is 4.18. The molecule has 2 rings (SSSR count). The van der Waals surface area contributed by atoms with Gasteiger partial charge in [-0.3, -0.25) is 10.1 Å². The van der Waals surface area contributed by atoms with E-state index in [1.165, 1.54) is 12.1 Å². The van der Waals surface area contributed by atoms with E-state index in [-0.39, 0.29) is 11.5 Å². The van der Waals surface area contributed by atoms with Gasteiger partial charge in [0, 0.05) is 11.8 Å². The van der Waals surface area contributed by atoms with Crippen molar-refractivity contribution < 1.29 is 4.92 Å². The third-order valence-corrected chi connectivity index (χ3v) is 3.01. The highest BCUT2D eigenvalue weighted by Gasteiger charge is 2.17. The summed E-state index contributed by atoms with van der Waals surface area (Å²) in [6, 6.07) is 10.5. The van der Waals surface area contributed by atoms with E-state index in [0.717, 1.165) is 24.1 Å². The van der Waals surface area contributed by atoms with Gasteiger partial charge in [0.05, 0.1) is 4.92 Å². The zero-order chi connectivity index (χ0) is 15.2. The first-order valence-corrected chi connectivity index (χ1v) is 6.62. The van der Waals surface area contributed by atoms with Gasteiger partial charge in [-0.05, 0) is 24.1 Å². The molecule has 0 amide bonds. The molecular weight excluding hydrogens is 270 g/mol. The molecule has 7 nitrogen and oxygen atoms in total. The summed E-state index contributed by atoms with van der Waals surface area (Å²) >= 11 is 0. The molecule has 0 aliphatic heterocycles. The van der Waals surface area contributed by atoms with Gasteiger partial charge in [-0.2, -0.15) is 0 Å². The lowest BCUT2D eigenvalue weighted by molar-refractivity contribution is -0.384. The average molecular weight is 287 g/mol. The molecule has 0 spiro atoms. The minimum Gasteiger partial charge on any atom is -0.334 e. The van der Waals surface area contributed by atoms with Crippen LogP contribution in [0.2, 0.25) is 0 Å². The molecule has 7 heteroatoms. The molecule has 0 aliphatic carbocycles. The molecule has 0 fully saturated rings. The number of nitrogen functional groups attached to an aromatic ring is 1. The van der Waals surface area contributed by atoms with E-state index in [1.807, 2.05) is 24.3 Å². The largest absolute Gasteiger partial charge is 0.334 e. The van der Waals surface area contributed by atoms with Crippen molar-refractivity contribution in [3.05, 3.63) is 52.1 Å². The number of para-hydroxylation sites is 1. The van der Waals surface area contributed by atoms with Gasteiger partial charge >= 0.3 is 5.69 Å². The maximum Gasteiger partial charge on any atom is 0.311 e. The van der Waals surface area contributed by atoms with E-state index in [1.54, 1.807) is 0 Å². The summed E-state index contributed by atoms with van der Waals surface area (Å²) in [5.74, 6) is 5.83. The van der Waals surface area contributed by atoms with Crippen LogP contribution in [0.4, 0.5) is 23.0 Å². The second-order valence-corrected chi connectivity index (χ2v) is 4.50. The highest BCUT2D eigenvalue weighted by molar-refractivity contribution is 5.69. The number of hydrogen-bond acceptors (Lipinski definition) is 6. The Kier molecular flexibility index (Phi) is 4.68. The molecule has 2 aromatic rings. The zero-order valence-electron chi connectivity index (χ0n) is 11.7. The van der Waals surface area contributed by atoms with Crippen LogP contribution in [-0.4, -0.2) is 9.91 Å². The smallest absolute Gasteiger partial charge is 0.311 e. The molecule has 0 radical (unpaired) electrons. The number of hydrazine groups is 1. The van der Waals surface area contributed by atoms with Crippen molar-refractivity contribution in [1.29, 1.82) is 0 Å². The van der Waals surface area contributed by atoms with Crippen LogP contribution in [-0.2, 0) is 6.42 Å². The van der Waals surface area contributed by atoms with Crippen LogP contribution in [0.15, 0.2) is 36.4 Å². The van der Waals surface area contributed by atoms with E-state index >= 15 is 0 Å². The Labute approximate surface area is 122 Å². The first-order valence-electron chi connectivity index (χ1n) is 6.62. The summed E-state index contributed by atoms with van der Waals surface area (Å²) < 4.78 is 0. The molecule has 0 unspecified atom stereocenters. The van der Waals surface area contributed by atoms with Crippen molar-refractivity contribution in [3.63, 3.8) is 0 Å². The minimum atomic E-state index is -0.474. The molecule has 0 saturated heterocycles. The molecule has 0 atom stereocenters. The van der Waals surface area contributed by atoms with E-state index in [9.17, 15) is 10.1 Å². The summed E-state index contributed by atoms with van der Waals surface area (Å²) in [4.78, 5) is 14.7. The first kappa shape index (κ1) is 14.7. The summed E-state index contributed by atoms with van der Waals surface area (Å²) in [7, 11) is 0. The van der Waals surface area contributed by atoms with Crippen LogP contribution in [0.1, 0.15) is 18.9 Å². The van der Waals surface area contributed by atoms with E-state index in [2.05, 4.69) is 22.7 Å². The Balaban J connectivity index is 2.40. The topological polar surface area (TPSA) is 106 Å². The Morgan fingerprint density at radius 1 is 1.29 bits per heavy atom. The van der Waals surface area contributed by atoms with Gasteiger partial charge in [0.1, 0.15) is 5.82 Å². The first-order chi connectivity index (χ1) is 10.2. The number of nitrogens with zero attached hydrogens (tertiary/aromatic N) is 2. The van der Waals surface area contributed by atoms with E-state index in [4.69, 9.17) is 5.84 Å². The normalized spacial score (nSPS) is 10.2. The van der Waals surface area contributed by atoms with Crippen LogP contribution >= 0.6 is 0 Å². The SMILES string of the molecule is CCCc1ccccc1Nc1nc(NN)ccc1[N+](=O)[O-]. The quantitative estimate of drug-likeness (QED) is 0.428. The Morgan fingerprint density at radius 3 is 2.71 bits per heavy atom. The molecule has 4 N–H and O–H groups in total. The number of pyridine rings is 1. The monoisotopic (exact) mass is 287 g/mol. The number of nitro groups is 1. The van der Waals surface area contributed by atoms with Crippen LogP contribution in [0.25, 0.3) is 0 Å². The van der Waals surface area contributed by atoms with Crippen molar-refractivity contribution in [2.45, 2.75) is 19.8 Å². The molecule has 0 aliphatic rings. The van der Waals surface area contributed by atoms with Crippen LogP contribution in [0, 0.1) is 10.1 Å². The molecule has 1 aromatic heterocycles. The average Bonchev–Trinajstić information content (AvgIpc) is 2.49. The molecule has 21 heavy (non-hydrogen) atoms. The Bertz CT molecular complexity index is 645. The van der Waals surface area contributed by atoms with Crippen molar-refractivity contribution in [1.82, 2.24) is 4.98 Å². The fourth-order valence-corrected chi connectivity index (χ4v) is 2.03. The van der Waals surface area contributed by atoms with Crippen molar-refractivity contribution in [2.24, 2.45) is 5.84 Å². The maximum absolute atomic E-state index is 11.1. The van der Waals surface area contributed by atoms with Crippen LogP contribution in [0.5, 0.6) is 0 Å².